The molecule has 0 aliphatic rings. The Labute approximate surface area is 152 Å². The van der Waals surface area contributed by atoms with Crippen LogP contribution in [-0.2, 0) is 0 Å². The van der Waals surface area contributed by atoms with Gasteiger partial charge in [0, 0.05) is 10.0 Å². The molecule has 0 fully saturated rings. The van der Waals surface area contributed by atoms with Gasteiger partial charge in [0.25, 0.3) is 11.8 Å². The maximum atomic E-state index is 12.2. The maximum absolute atomic E-state index is 12.2. The Morgan fingerprint density at radius 2 is 1.75 bits per heavy atom. The number of thiocarbonyl (C=S) groups is 1. The number of methoxy groups -OCH3 is 1. The second kappa shape index (κ2) is 8.42. The number of rotatable bonds is 3. The number of ether oxygens (including phenoxy) is 1. The van der Waals surface area contributed by atoms with Crippen LogP contribution in [0.1, 0.15) is 20.7 Å². The molecule has 0 heterocycles. The van der Waals surface area contributed by atoms with Crippen molar-refractivity contribution in [2.75, 3.05) is 7.11 Å². The molecular weight excluding hydrogens is 394 g/mol. The molecule has 0 atom stereocenters. The summed E-state index contributed by atoms with van der Waals surface area (Å²) in [5.41, 5.74) is 5.67. The lowest BCUT2D eigenvalue weighted by atomic mass is 10.2. The van der Waals surface area contributed by atoms with E-state index in [-0.39, 0.29) is 11.0 Å². The predicted octanol–water partition coefficient (Wildman–Crippen LogP) is 2.41. The molecule has 0 saturated carbocycles. The van der Waals surface area contributed by atoms with Crippen molar-refractivity contribution in [3.63, 3.8) is 0 Å². The van der Waals surface area contributed by atoms with Crippen molar-refractivity contribution in [3.8, 4) is 5.75 Å². The van der Waals surface area contributed by atoms with Gasteiger partial charge >= 0.3 is 0 Å². The van der Waals surface area contributed by atoms with E-state index >= 15 is 0 Å². The number of halogens is 1. The van der Waals surface area contributed by atoms with Crippen LogP contribution in [0.5, 0.6) is 5.75 Å². The predicted molar refractivity (Wildman–Crippen MR) is 97.8 cm³/mol. The molecule has 6 nitrogen and oxygen atoms in total. The second-order valence-electron chi connectivity index (χ2n) is 4.57. The van der Waals surface area contributed by atoms with Crippen molar-refractivity contribution in [3.05, 3.63) is 64.1 Å². The monoisotopic (exact) mass is 407 g/mol. The summed E-state index contributed by atoms with van der Waals surface area (Å²) < 4.78 is 5.87. The van der Waals surface area contributed by atoms with E-state index in [0.29, 0.717) is 16.9 Å². The molecule has 124 valence electrons. The Hall–Kier alpha value is -2.45. The highest BCUT2D eigenvalue weighted by Gasteiger charge is 2.14. The number of nitrogens with one attached hydrogen (secondary N) is 3. The van der Waals surface area contributed by atoms with Gasteiger partial charge in [0.2, 0.25) is 0 Å². The SMILES string of the molecule is COc1ccc(Br)cc1C(=O)NC(=S)NNC(=O)c1ccccc1. The van der Waals surface area contributed by atoms with Crippen LogP contribution in [-0.4, -0.2) is 24.0 Å². The summed E-state index contributed by atoms with van der Waals surface area (Å²) >= 11 is 8.30. The number of hydrazine groups is 1. The molecule has 0 aliphatic carbocycles. The average molecular weight is 408 g/mol. The first-order chi connectivity index (χ1) is 11.5. The minimum atomic E-state index is -0.459. The van der Waals surface area contributed by atoms with Crippen LogP contribution < -0.4 is 20.9 Å². The highest BCUT2D eigenvalue weighted by atomic mass is 79.9. The van der Waals surface area contributed by atoms with Crippen LogP contribution in [0, 0.1) is 0 Å². The number of carbonyl (C=O) groups is 2. The molecular formula is C16H14BrN3O3S. The molecule has 2 rings (SSSR count). The van der Waals surface area contributed by atoms with E-state index in [1.54, 1.807) is 48.5 Å². The van der Waals surface area contributed by atoms with E-state index in [4.69, 9.17) is 17.0 Å². The maximum Gasteiger partial charge on any atom is 0.269 e. The van der Waals surface area contributed by atoms with Gasteiger partial charge in [-0.25, -0.2) is 0 Å². The van der Waals surface area contributed by atoms with E-state index < -0.39 is 5.91 Å². The zero-order valence-electron chi connectivity index (χ0n) is 12.6. The third-order valence-corrected chi connectivity index (χ3v) is 3.66. The normalized spacial score (nSPS) is 9.75. The highest BCUT2D eigenvalue weighted by Crippen LogP contribution is 2.22. The van der Waals surface area contributed by atoms with Crippen molar-refractivity contribution < 1.29 is 14.3 Å². The Morgan fingerprint density at radius 1 is 1.04 bits per heavy atom. The first kappa shape index (κ1) is 17.9. The van der Waals surface area contributed by atoms with E-state index in [1.807, 2.05) is 0 Å². The summed E-state index contributed by atoms with van der Waals surface area (Å²) in [6.45, 7) is 0. The molecule has 0 bridgehead atoms. The van der Waals surface area contributed by atoms with Gasteiger partial charge in [0.05, 0.1) is 12.7 Å². The Balaban J connectivity index is 1.94. The summed E-state index contributed by atoms with van der Waals surface area (Å²) in [4.78, 5) is 24.1. The zero-order valence-corrected chi connectivity index (χ0v) is 15.0. The molecule has 0 aromatic heterocycles. The smallest absolute Gasteiger partial charge is 0.269 e. The van der Waals surface area contributed by atoms with Crippen LogP contribution in [0.4, 0.5) is 0 Å². The topological polar surface area (TPSA) is 79.5 Å². The van der Waals surface area contributed by atoms with Crippen LogP contribution in [0.3, 0.4) is 0 Å². The molecule has 2 aromatic rings. The van der Waals surface area contributed by atoms with Crippen LogP contribution in [0.2, 0.25) is 0 Å². The van der Waals surface area contributed by atoms with Crippen molar-refractivity contribution in [2.45, 2.75) is 0 Å². The van der Waals surface area contributed by atoms with Crippen LogP contribution >= 0.6 is 28.1 Å². The van der Waals surface area contributed by atoms with Gasteiger partial charge in [-0.05, 0) is 42.5 Å². The van der Waals surface area contributed by atoms with Gasteiger partial charge in [-0.2, -0.15) is 0 Å². The van der Waals surface area contributed by atoms with Gasteiger partial charge in [-0.15, -0.1) is 0 Å². The Kier molecular flexibility index (Phi) is 6.28. The van der Waals surface area contributed by atoms with Gasteiger partial charge in [0.15, 0.2) is 5.11 Å². The third-order valence-electron chi connectivity index (χ3n) is 2.96. The number of hydrogen-bond acceptors (Lipinski definition) is 4. The van der Waals surface area contributed by atoms with Gasteiger partial charge < -0.3 is 4.74 Å². The van der Waals surface area contributed by atoms with Gasteiger partial charge in [0.1, 0.15) is 5.75 Å². The van der Waals surface area contributed by atoms with E-state index in [9.17, 15) is 9.59 Å². The fourth-order valence-electron chi connectivity index (χ4n) is 1.83. The molecule has 2 amide bonds. The van der Waals surface area contributed by atoms with E-state index in [1.165, 1.54) is 7.11 Å². The lowest BCUT2D eigenvalue weighted by Crippen LogP contribution is -2.48. The van der Waals surface area contributed by atoms with Crippen molar-refractivity contribution in [2.24, 2.45) is 0 Å². The zero-order chi connectivity index (χ0) is 17.5. The number of amides is 2. The summed E-state index contributed by atoms with van der Waals surface area (Å²) in [5.74, 6) is -0.418. The van der Waals surface area contributed by atoms with Crippen molar-refractivity contribution in [1.29, 1.82) is 0 Å². The number of benzene rings is 2. The summed E-state index contributed by atoms with van der Waals surface area (Å²) in [5, 5.41) is 2.43. The first-order valence-corrected chi connectivity index (χ1v) is 8.01. The Bertz CT molecular complexity index is 768. The molecule has 0 unspecified atom stereocenters. The largest absolute Gasteiger partial charge is 0.496 e. The van der Waals surface area contributed by atoms with Crippen LogP contribution in [0.25, 0.3) is 0 Å². The van der Waals surface area contributed by atoms with Crippen molar-refractivity contribution in [1.82, 2.24) is 16.2 Å². The summed E-state index contributed by atoms with van der Waals surface area (Å²) in [6, 6.07) is 13.6. The van der Waals surface area contributed by atoms with Crippen molar-refractivity contribution >= 4 is 45.1 Å². The van der Waals surface area contributed by atoms with Crippen LogP contribution in [0.15, 0.2) is 53.0 Å². The minimum absolute atomic E-state index is 0.0358. The molecule has 0 spiro atoms. The highest BCUT2D eigenvalue weighted by molar-refractivity contribution is 9.10. The molecule has 3 N–H and O–H groups in total. The lowest BCUT2D eigenvalue weighted by Gasteiger charge is -2.12. The number of hydrogen-bond donors (Lipinski definition) is 3. The van der Waals surface area contributed by atoms with E-state index in [2.05, 4.69) is 32.1 Å². The minimum Gasteiger partial charge on any atom is -0.496 e. The fourth-order valence-corrected chi connectivity index (χ4v) is 2.34. The molecule has 0 radical (unpaired) electrons. The van der Waals surface area contributed by atoms with E-state index in [0.717, 1.165) is 4.47 Å². The molecule has 0 aliphatic heterocycles. The van der Waals surface area contributed by atoms with Gasteiger partial charge in [-0.3, -0.25) is 25.8 Å². The standard InChI is InChI=1S/C16H14BrN3O3S/c1-23-13-8-7-11(17)9-12(13)15(22)18-16(24)20-19-14(21)10-5-3-2-4-6-10/h2-9H,1H3,(H,19,21)(H2,18,20,22,24). The molecule has 8 heteroatoms. The number of carbonyl (C=O) groups excluding carboxylic acids is 2. The average Bonchev–Trinajstić information content (AvgIpc) is 2.60. The quantitative estimate of drug-likeness (QED) is 0.537. The Morgan fingerprint density at radius 3 is 2.42 bits per heavy atom. The first-order valence-electron chi connectivity index (χ1n) is 6.81. The third kappa shape index (κ3) is 4.77. The molecule has 0 saturated heterocycles. The lowest BCUT2D eigenvalue weighted by molar-refractivity contribution is 0.0934. The fraction of sp³-hybridized carbons (Fsp3) is 0.0625. The second-order valence-corrected chi connectivity index (χ2v) is 5.90. The summed E-state index contributed by atoms with van der Waals surface area (Å²) in [7, 11) is 1.47. The molecule has 24 heavy (non-hydrogen) atoms. The van der Waals surface area contributed by atoms with Gasteiger partial charge in [-0.1, -0.05) is 34.1 Å². The molecule has 2 aromatic carbocycles. The summed E-state index contributed by atoms with van der Waals surface area (Å²) in [6.07, 6.45) is 0.